The highest BCUT2D eigenvalue weighted by molar-refractivity contribution is 5.33. The van der Waals surface area contributed by atoms with Crippen molar-refractivity contribution in [1.29, 1.82) is 0 Å². The number of rotatable bonds is 0. The van der Waals surface area contributed by atoms with Crippen molar-refractivity contribution < 1.29 is 0 Å². The molecule has 0 spiro atoms. The molecule has 0 bridgehead atoms. The third-order valence-electron chi connectivity index (χ3n) is 1.46. The van der Waals surface area contributed by atoms with Crippen LogP contribution in [0.2, 0.25) is 0 Å². The van der Waals surface area contributed by atoms with Crippen LogP contribution in [-0.2, 0) is 0 Å². The first-order chi connectivity index (χ1) is 4.97. The first kappa shape index (κ1) is 5.54. The molecule has 0 amide bonds. The van der Waals surface area contributed by atoms with E-state index in [1.807, 2.05) is 48.0 Å². The van der Waals surface area contributed by atoms with Gasteiger partial charge in [0.05, 0.1) is 0 Å². The Labute approximate surface area is 60.6 Å². The molecule has 2 aliphatic heterocycles. The van der Waals surface area contributed by atoms with Crippen LogP contribution in [0.15, 0.2) is 42.4 Å². The second-order valence-corrected chi connectivity index (χ2v) is 2.15. The maximum Gasteiger partial charge on any atom is 0.0491 e. The van der Waals surface area contributed by atoms with Gasteiger partial charge in [-0.25, -0.2) is 0 Å². The molecule has 48 valence electrons. The lowest BCUT2D eigenvalue weighted by Gasteiger charge is -2.20. The van der Waals surface area contributed by atoms with E-state index in [0.29, 0.717) is 0 Å². The van der Waals surface area contributed by atoms with Crippen LogP contribution in [0.25, 0.3) is 0 Å². The number of allylic oxidation sites excluding steroid dienone is 5. The molecule has 2 heterocycles. The molecule has 10 heavy (non-hydrogen) atoms. The van der Waals surface area contributed by atoms with Crippen molar-refractivity contribution in [2.75, 3.05) is 0 Å². The minimum atomic E-state index is 1.10. The van der Waals surface area contributed by atoms with Gasteiger partial charge in [0.2, 0.25) is 0 Å². The Morgan fingerprint density at radius 2 is 2.00 bits per heavy atom. The number of fused-ring (bicyclic) bond motifs is 1. The van der Waals surface area contributed by atoms with E-state index in [9.17, 15) is 0 Å². The van der Waals surface area contributed by atoms with Crippen molar-refractivity contribution in [2.24, 2.45) is 0 Å². The lowest BCUT2D eigenvalue weighted by atomic mass is 10.2. The van der Waals surface area contributed by atoms with Gasteiger partial charge in [0.1, 0.15) is 0 Å². The Hall–Kier alpha value is -1.24. The van der Waals surface area contributed by atoms with Crippen LogP contribution in [-0.4, -0.2) is 4.90 Å². The predicted molar refractivity (Wildman–Crippen MR) is 40.3 cm³/mol. The van der Waals surface area contributed by atoms with Gasteiger partial charge in [0.15, 0.2) is 0 Å². The fourth-order valence-electron chi connectivity index (χ4n) is 0.977. The van der Waals surface area contributed by atoms with Gasteiger partial charge < -0.3 is 4.90 Å². The summed E-state index contributed by atoms with van der Waals surface area (Å²) in [5.41, 5.74) is 1.10. The summed E-state index contributed by atoms with van der Waals surface area (Å²) in [4.78, 5) is 2.03. The SMILES string of the molecule is [C]1=C2C=CC=CN2C=C[CH]1. The summed E-state index contributed by atoms with van der Waals surface area (Å²) in [6.45, 7) is 0. The molecule has 0 atom stereocenters. The molecule has 0 aromatic rings. The van der Waals surface area contributed by atoms with Crippen molar-refractivity contribution in [1.82, 2.24) is 4.90 Å². The van der Waals surface area contributed by atoms with Gasteiger partial charge in [-0.15, -0.1) is 0 Å². The number of hydrogen-bond acceptors (Lipinski definition) is 1. The Bertz CT molecular complexity index is 243. The van der Waals surface area contributed by atoms with Crippen molar-refractivity contribution in [3.63, 3.8) is 0 Å². The van der Waals surface area contributed by atoms with Gasteiger partial charge in [-0.3, -0.25) is 0 Å². The molecule has 0 aromatic carbocycles. The molecule has 0 unspecified atom stereocenters. The minimum absolute atomic E-state index is 1.10. The second kappa shape index (κ2) is 2.18. The summed E-state index contributed by atoms with van der Waals surface area (Å²) in [5, 5.41) is 0. The average Bonchev–Trinajstić information content (AvgIpc) is 2.05. The maximum atomic E-state index is 3.11. The van der Waals surface area contributed by atoms with E-state index in [2.05, 4.69) is 6.08 Å². The predicted octanol–water partition coefficient (Wildman–Crippen LogP) is 1.79. The molecule has 0 aliphatic carbocycles. The topological polar surface area (TPSA) is 3.24 Å². The number of nitrogens with zero attached hydrogens (tertiary/aromatic N) is 1. The second-order valence-electron chi connectivity index (χ2n) is 2.15. The first-order valence-electron chi connectivity index (χ1n) is 3.23. The highest BCUT2D eigenvalue weighted by atomic mass is 15.1. The normalized spacial score (nSPS) is 20.8. The van der Waals surface area contributed by atoms with Crippen LogP contribution < -0.4 is 0 Å². The molecule has 1 nitrogen and oxygen atoms in total. The van der Waals surface area contributed by atoms with Gasteiger partial charge in [-0.1, -0.05) is 12.2 Å². The third kappa shape index (κ3) is 0.798. The zero-order valence-corrected chi connectivity index (χ0v) is 5.49. The molecule has 1 heteroatoms. The summed E-state index contributed by atoms with van der Waals surface area (Å²) >= 11 is 0. The summed E-state index contributed by atoms with van der Waals surface area (Å²) in [6.07, 6.45) is 17.0. The Morgan fingerprint density at radius 1 is 1.10 bits per heavy atom. The molecular formula is C9H7N. The van der Waals surface area contributed by atoms with E-state index in [1.54, 1.807) is 0 Å². The standard InChI is InChI=1S/C9H7N/c1-3-7-10-8-4-2-6-9(10)5-1/h1-5,7-8H. The quantitative estimate of drug-likeness (QED) is 0.482. The zero-order chi connectivity index (χ0) is 6.81. The van der Waals surface area contributed by atoms with Gasteiger partial charge in [0.25, 0.3) is 0 Å². The minimum Gasteiger partial charge on any atom is -0.324 e. The fourth-order valence-corrected chi connectivity index (χ4v) is 0.977. The van der Waals surface area contributed by atoms with Crippen molar-refractivity contribution >= 4 is 0 Å². The monoisotopic (exact) mass is 129 g/mol. The maximum absolute atomic E-state index is 3.11. The molecule has 0 fully saturated rings. The summed E-state index contributed by atoms with van der Waals surface area (Å²) in [7, 11) is 0. The zero-order valence-electron chi connectivity index (χ0n) is 5.49. The molecule has 0 N–H and O–H groups in total. The molecule has 2 aliphatic rings. The highest BCUT2D eigenvalue weighted by Gasteiger charge is 2.04. The van der Waals surface area contributed by atoms with Crippen molar-refractivity contribution in [3.05, 3.63) is 54.9 Å². The van der Waals surface area contributed by atoms with E-state index in [0.717, 1.165) is 5.70 Å². The van der Waals surface area contributed by atoms with Crippen LogP contribution in [0.1, 0.15) is 0 Å². The smallest absolute Gasteiger partial charge is 0.0491 e. The van der Waals surface area contributed by atoms with Crippen LogP contribution in [0, 0.1) is 12.5 Å². The Kier molecular flexibility index (Phi) is 1.21. The van der Waals surface area contributed by atoms with Crippen LogP contribution in [0.5, 0.6) is 0 Å². The molecular weight excluding hydrogens is 122 g/mol. The van der Waals surface area contributed by atoms with Crippen LogP contribution >= 0.6 is 0 Å². The van der Waals surface area contributed by atoms with E-state index in [-0.39, 0.29) is 0 Å². The van der Waals surface area contributed by atoms with Crippen molar-refractivity contribution in [2.45, 2.75) is 0 Å². The Balaban J connectivity index is 2.33. The fraction of sp³-hybridized carbons (Fsp3) is 0. The lowest BCUT2D eigenvalue weighted by Crippen LogP contribution is -2.11. The average molecular weight is 129 g/mol. The summed E-state index contributed by atoms with van der Waals surface area (Å²) in [6, 6.07) is 0. The molecule has 0 saturated heterocycles. The molecule has 0 aromatic heterocycles. The number of hydrogen-bond donors (Lipinski definition) is 0. The third-order valence-corrected chi connectivity index (χ3v) is 1.46. The van der Waals surface area contributed by atoms with Gasteiger partial charge >= 0.3 is 0 Å². The van der Waals surface area contributed by atoms with Gasteiger partial charge in [-0.2, -0.15) is 0 Å². The van der Waals surface area contributed by atoms with E-state index < -0.39 is 0 Å². The van der Waals surface area contributed by atoms with Gasteiger partial charge in [-0.05, 0) is 18.2 Å². The largest absolute Gasteiger partial charge is 0.324 e. The van der Waals surface area contributed by atoms with E-state index >= 15 is 0 Å². The van der Waals surface area contributed by atoms with Crippen LogP contribution in [0.3, 0.4) is 0 Å². The van der Waals surface area contributed by atoms with Crippen LogP contribution in [0.4, 0.5) is 0 Å². The van der Waals surface area contributed by atoms with Gasteiger partial charge in [0, 0.05) is 24.5 Å². The van der Waals surface area contributed by atoms with E-state index in [1.165, 1.54) is 0 Å². The van der Waals surface area contributed by atoms with Crippen molar-refractivity contribution in [3.8, 4) is 0 Å². The lowest BCUT2D eigenvalue weighted by molar-refractivity contribution is 0.634. The first-order valence-corrected chi connectivity index (χ1v) is 3.23. The summed E-state index contributed by atoms with van der Waals surface area (Å²) in [5.74, 6) is 0. The molecule has 2 rings (SSSR count). The Morgan fingerprint density at radius 3 is 2.90 bits per heavy atom. The summed E-state index contributed by atoms with van der Waals surface area (Å²) < 4.78 is 0. The molecule has 2 radical (unpaired) electrons. The van der Waals surface area contributed by atoms with E-state index in [4.69, 9.17) is 0 Å². The highest BCUT2D eigenvalue weighted by Crippen LogP contribution is 2.16. The molecule has 0 saturated carbocycles.